The molecule has 1 heteroatoms. The Morgan fingerprint density at radius 2 is 0.765 bits per heavy atom. The first-order valence-electron chi connectivity index (χ1n) is 8.22. The van der Waals surface area contributed by atoms with Crippen LogP contribution >= 0.6 is 0 Å². The van der Waals surface area contributed by atoms with Gasteiger partial charge >= 0.3 is 0 Å². The van der Waals surface area contributed by atoms with Gasteiger partial charge in [0.05, 0.1) is 0 Å². The van der Waals surface area contributed by atoms with Crippen LogP contribution in [-0.4, -0.2) is 23.0 Å². The summed E-state index contributed by atoms with van der Waals surface area (Å²) < 4.78 is 0. The molecule has 0 spiro atoms. The van der Waals surface area contributed by atoms with Crippen LogP contribution in [-0.2, 0) is 0 Å². The molecule has 0 aromatic heterocycles. The summed E-state index contributed by atoms with van der Waals surface area (Å²) in [6.07, 6.45) is 19.6. The molecule has 2 heterocycles. The summed E-state index contributed by atoms with van der Waals surface area (Å²) in [5.41, 5.74) is 0. The van der Waals surface area contributed by atoms with E-state index < -0.39 is 0 Å². The maximum Gasteiger partial charge on any atom is 0.0101 e. The molecule has 2 aliphatic heterocycles. The minimum absolute atomic E-state index is 0.964. The van der Waals surface area contributed by atoms with E-state index in [1.54, 1.807) is 0 Å². The molecule has 0 N–H and O–H groups in total. The standard InChI is InChI=1S/C16H29N/c1-2-4-8-14(9-5-3-1)17-15-10-6-11-16(17)13-7-12-15/h14-16H,1-13H2. The van der Waals surface area contributed by atoms with E-state index in [-0.39, 0.29) is 0 Å². The molecule has 0 atom stereocenters. The molecule has 3 aliphatic rings. The Bertz CT molecular complexity index is 208. The van der Waals surface area contributed by atoms with E-state index in [4.69, 9.17) is 0 Å². The van der Waals surface area contributed by atoms with Gasteiger partial charge in [0.2, 0.25) is 0 Å². The zero-order valence-corrected chi connectivity index (χ0v) is 11.4. The Kier molecular flexibility index (Phi) is 4.05. The first kappa shape index (κ1) is 12.0. The van der Waals surface area contributed by atoms with E-state index in [1.165, 1.54) is 83.5 Å². The fourth-order valence-electron chi connectivity index (χ4n) is 4.69. The van der Waals surface area contributed by atoms with Crippen molar-refractivity contribution in [1.29, 1.82) is 0 Å². The molecule has 0 aromatic rings. The second-order valence-electron chi connectivity index (χ2n) is 6.62. The van der Waals surface area contributed by atoms with Crippen molar-refractivity contribution in [2.75, 3.05) is 0 Å². The minimum Gasteiger partial charge on any atom is -0.294 e. The topological polar surface area (TPSA) is 3.24 Å². The Morgan fingerprint density at radius 3 is 1.24 bits per heavy atom. The van der Waals surface area contributed by atoms with E-state index in [9.17, 15) is 0 Å². The first-order valence-corrected chi connectivity index (χ1v) is 8.22. The van der Waals surface area contributed by atoms with Crippen LogP contribution in [0.1, 0.15) is 83.5 Å². The second-order valence-corrected chi connectivity index (χ2v) is 6.62. The summed E-state index contributed by atoms with van der Waals surface area (Å²) in [6, 6.07) is 2.92. The molecule has 2 bridgehead atoms. The molecule has 0 radical (unpaired) electrons. The van der Waals surface area contributed by atoms with E-state index in [0.717, 1.165) is 18.1 Å². The molecule has 0 amide bonds. The number of piperidine rings is 2. The monoisotopic (exact) mass is 235 g/mol. The highest BCUT2D eigenvalue weighted by Gasteiger charge is 2.37. The molecule has 1 aliphatic carbocycles. The molecular formula is C16H29N. The summed E-state index contributed by atoms with van der Waals surface area (Å²) in [5.74, 6) is 0. The van der Waals surface area contributed by atoms with Gasteiger partial charge in [-0.2, -0.15) is 0 Å². The lowest BCUT2D eigenvalue weighted by atomic mass is 9.81. The van der Waals surface area contributed by atoms with Gasteiger partial charge in [0.15, 0.2) is 0 Å². The van der Waals surface area contributed by atoms with Gasteiger partial charge < -0.3 is 0 Å². The highest BCUT2D eigenvalue weighted by Crippen LogP contribution is 2.38. The predicted octanol–water partition coefficient (Wildman–Crippen LogP) is 4.51. The summed E-state index contributed by atoms with van der Waals surface area (Å²) in [6.45, 7) is 0. The van der Waals surface area contributed by atoms with Crippen LogP contribution in [0.2, 0.25) is 0 Å². The Balaban J connectivity index is 1.67. The van der Waals surface area contributed by atoms with Gasteiger partial charge in [-0.05, 0) is 38.5 Å². The fourth-order valence-corrected chi connectivity index (χ4v) is 4.69. The Hall–Kier alpha value is -0.0400. The third-order valence-electron chi connectivity index (χ3n) is 5.49. The first-order chi connectivity index (χ1) is 8.45. The highest BCUT2D eigenvalue weighted by molar-refractivity contribution is 4.93. The van der Waals surface area contributed by atoms with Crippen molar-refractivity contribution in [3.8, 4) is 0 Å². The number of hydrogen-bond acceptors (Lipinski definition) is 1. The summed E-state index contributed by atoms with van der Waals surface area (Å²) in [4.78, 5) is 3.01. The lowest BCUT2D eigenvalue weighted by Crippen LogP contribution is -2.54. The molecule has 3 fully saturated rings. The van der Waals surface area contributed by atoms with Gasteiger partial charge in [-0.15, -0.1) is 0 Å². The zero-order valence-electron chi connectivity index (χ0n) is 11.4. The largest absolute Gasteiger partial charge is 0.294 e. The average molecular weight is 235 g/mol. The minimum atomic E-state index is 0.964. The average Bonchev–Trinajstić information content (AvgIpc) is 2.27. The molecule has 0 aromatic carbocycles. The van der Waals surface area contributed by atoms with Gasteiger partial charge in [-0.25, -0.2) is 0 Å². The van der Waals surface area contributed by atoms with Crippen LogP contribution in [0.5, 0.6) is 0 Å². The van der Waals surface area contributed by atoms with Crippen LogP contribution < -0.4 is 0 Å². The molecule has 1 nitrogen and oxygen atoms in total. The quantitative estimate of drug-likeness (QED) is 0.646. The Morgan fingerprint density at radius 1 is 0.412 bits per heavy atom. The smallest absolute Gasteiger partial charge is 0.0101 e. The normalized spacial score (nSPS) is 37.4. The van der Waals surface area contributed by atoms with Crippen molar-refractivity contribution in [3.63, 3.8) is 0 Å². The molecular weight excluding hydrogens is 206 g/mol. The van der Waals surface area contributed by atoms with Crippen molar-refractivity contribution in [3.05, 3.63) is 0 Å². The molecule has 0 unspecified atom stereocenters. The van der Waals surface area contributed by atoms with Crippen molar-refractivity contribution >= 4 is 0 Å². The fraction of sp³-hybridized carbons (Fsp3) is 1.00. The summed E-state index contributed by atoms with van der Waals surface area (Å²) in [5, 5.41) is 0. The van der Waals surface area contributed by atoms with Crippen molar-refractivity contribution < 1.29 is 0 Å². The van der Waals surface area contributed by atoms with Crippen LogP contribution in [0.3, 0.4) is 0 Å². The van der Waals surface area contributed by atoms with Crippen LogP contribution in [0.4, 0.5) is 0 Å². The van der Waals surface area contributed by atoms with E-state index in [0.29, 0.717) is 0 Å². The molecule has 2 saturated heterocycles. The summed E-state index contributed by atoms with van der Waals surface area (Å²) >= 11 is 0. The summed E-state index contributed by atoms with van der Waals surface area (Å²) in [7, 11) is 0. The van der Waals surface area contributed by atoms with Crippen LogP contribution in [0.15, 0.2) is 0 Å². The van der Waals surface area contributed by atoms with Gasteiger partial charge in [0.25, 0.3) is 0 Å². The van der Waals surface area contributed by atoms with E-state index in [1.807, 2.05) is 0 Å². The number of fused-ring (bicyclic) bond motifs is 2. The third-order valence-corrected chi connectivity index (χ3v) is 5.49. The van der Waals surface area contributed by atoms with E-state index >= 15 is 0 Å². The SMILES string of the molecule is C1CCCC(N2C3CCCC2CCC3)CCC1. The second kappa shape index (κ2) is 5.73. The van der Waals surface area contributed by atoms with Gasteiger partial charge in [0.1, 0.15) is 0 Å². The third kappa shape index (κ3) is 2.70. The van der Waals surface area contributed by atoms with Crippen LogP contribution in [0.25, 0.3) is 0 Å². The lowest BCUT2D eigenvalue weighted by molar-refractivity contribution is -0.00695. The van der Waals surface area contributed by atoms with Gasteiger partial charge in [0, 0.05) is 18.1 Å². The molecule has 3 rings (SSSR count). The van der Waals surface area contributed by atoms with Crippen molar-refractivity contribution in [2.45, 2.75) is 102 Å². The highest BCUT2D eigenvalue weighted by atomic mass is 15.2. The maximum absolute atomic E-state index is 3.01. The number of nitrogens with zero attached hydrogens (tertiary/aromatic N) is 1. The molecule has 17 heavy (non-hydrogen) atoms. The van der Waals surface area contributed by atoms with E-state index in [2.05, 4.69) is 4.90 Å². The predicted molar refractivity (Wildman–Crippen MR) is 73.2 cm³/mol. The van der Waals surface area contributed by atoms with Gasteiger partial charge in [-0.1, -0.05) is 44.9 Å². The van der Waals surface area contributed by atoms with Crippen molar-refractivity contribution in [1.82, 2.24) is 4.90 Å². The number of rotatable bonds is 1. The molecule has 98 valence electrons. The molecule has 1 saturated carbocycles. The van der Waals surface area contributed by atoms with Gasteiger partial charge in [-0.3, -0.25) is 4.90 Å². The van der Waals surface area contributed by atoms with Crippen molar-refractivity contribution in [2.24, 2.45) is 0 Å². The maximum atomic E-state index is 3.01. The van der Waals surface area contributed by atoms with Crippen LogP contribution in [0, 0.1) is 0 Å². The zero-order chi connectivity index (χ0) is 11.5. The lowest BCUT2D eigenvalue weighted by Gasteiger charge is -2.50. The Labute approximate surface area is 107 Å². The number of hydrogen-bond donors (Lipinski definition) is 0.